The molecule has 0 spiro atoms. The lowest BCUT2D eigenvalue weighted by atomic mass is 9.88. The van der Waals surface area contributed by atoms with E-state index in [0.29, 0.717) is 12.0 Å². The van der Waals surface area contributed by atoms with Crippen LogP contribution in [0.2, 0.25) is 0 Å². The second-order valence-electron chi connectivity index (χ2n) is 3.30. The highest BCUT2D eigenvalue weighted by Crippen LogP contribution is 2.25. The van der Waals surface area contributed by atoms with Gasteiger partial charge >= 0.3 is 0 Å². The first-order valence-electron chi connectivity index (χ1n) is 4.40. The summed E-state index contributed by atoms with van der Waals surface area (Å²) in [7, 11) is 0. The van der Waals surface area contributed by atoms with E-state index in [9.17, 15) is 4.79 Å². The summed E-state index contributed by atoms with van der Waals surface area (Å²) in [6.45, 7) is 2.48. The van der Waals surface area contributed by atoms with Crippen molar-refractivity contribution in [1.82, 2.24) is 0 Å². The van der Waals surface area contributed by atoms with Crippen molar-refractivity contribution in [3.63, 3.8) is 0 Å². The van der Waals surface area contributed by atoms with Crippen LogP contribution in [0.25, 0.3) is 0 Å². The lowest BCUT2D eigenvalue weighted by molar-refractivity contribution is -0.115. The second kappa shape index (κ2) is 4.50. The average molecular weight is 156 g/mol. The molecule has 11 heavy (non-hydrogen) atoms. The maximum atomic E-state index is 10.0. The van der Waals surface area contributed by atoms with Gasteiger partial charge in [-0.05, 0) is 18.8 Å². The second-order valence-corrected chi connectivity index (χ2v) is 3.30. The minimum atomic E-state index is 0.273. The number of carbonyl (C=O) groups excluding carboxylic acids is 1. The molecule has 0 heterocycles. The molecule has 0 amide bonds. The molecule has 1 fully saturated rings. The van der Waals surface area contributed by atoms with Crippen molar-refractivity contribution >= 4 is 6.29 Å². The molecule has 0 aliphatic heterocycles. The van der Waals surface area contributed by atoms with Gasteiger partial charge in [0.05, 0.1) is 6.10 Å². The summed E-state index contributed by atoms with van der Waals surface area (Å²) in [6, 6.07) is 0. The Kier molecular flexibility index (Phi) is 3.57. The van der Waals surface area contributed by atoms with Crippen LogP contribution in [0.4, 0.5) is 0 Å². The number of aldehydes is 1. The van der Waals surface area contributed by atoms with Crippen molar-refractivity contribution < 1.29 is 9.53 Å². The molecule has 0 radical (unpaired) electrons. The van der Waals surface area contributed by atoms with E-state index in [2.05, 4.69) is 6.92 Å². The van der Waals surface area contributed by atoms with Crippen LogP contribution in [0.15, 0.2) is 0 Å². The van der Waals surface area contributed by atoms with Crippen molar-refractivity contribution in [2.45, 2.75) is 38.7 Å². The Hall–Kier alpha value is -0.370. The summed E-state index contributed by atoms with van der Waals surface area (Å²) in [6.07, 6.45) is 6.14. The van der Waals surface area contributed by atoms with Crippen LogP contribution in [-0.4, -0.2) is 19.0 Å². The van der Waals surface area contributed by atoms with Crippen molar-refractivity contribution in [3.8, 4) is 0 Å². The van der Waals surface area contributed by atoms with Gasteiger partial charge in [-0.3, -0.25) is 0 Å². The van der Waals surface area contributed by atoms with Crippen molar-refractivity contribution in [3.05, 3.63) is 0 Å². The number of hydrogen-bond donors (Lipinski definition) is 0. The van der Waals surface area contributed by atoms with Crippen molar-refractivity contribution in [1.29, 1.82) is 0 Å². The first-order valence-corrected chi connectivity index (χ1v) is 4.40. The molecule has 1 rings (SSSR count). The Bertz CT molecular complexity index is 123. The number of ether oxygens (including phenoxy) is 1. The predicted octanol–water partition coefficient (Wildman–Crippen LogP) is 1.78. The summed E-state index contributed by atoms with van der Waals surface area (Å²) in [5.74, 6) is 0.642. The number of hydrogen-bond acceptors (Lipinski definition) is 2. The lowest BCUT2D eigenvalue weighted by Gasteiger charge is -2.27. The van der Waals surface area contributed by atoms with Crippen molar-refractivity contribution in [2.75, 3.05) is 6.61 Å². The van der Waals surface area contributed by atoms with E-state index < -0.39 is 0 Å². The van der Waals surface area contributed by atoms with E-state index in [-0.39, 0.29) is 6.61 Å². The SMILES string of the molecule is C[C@H]1CCCC[C@H]1OCC=O. The van der Waals surface area contributed by atoms with Gasteiger partial charge in [0.25, 0.3) is 0 Å². The van der Waals surface area contributed by atoms with Gasteiger partial charge in [0.2, 0.25) is 0 Å². The molecule has 1 aliphatic carbocycles. The molecular formula is C9H16O2. The van der Waals surface area contributed by atoms with Gasteiger partial charge in [0.15, 0.2) is 0 Å². The smallest absolute Gasteiger partial charge is 0.145 e. The summed E-state index contributed by atoms with van der Waals surface area (Å²) >= 11 is 0. The van der Waals surface area contributed by atoms with E-state index in [4.69, 9.17) is 4.74 Å². The molecule has 0 N–H and O–H groups in total. The molecule has 0 bridgehead atoms. The first kappa shape index (κ1) is 8.72. The molecule has 0 aromatic heterocycles. The number of rotatable bonds is 3. The Morgan fingerprint density at radius 1 is 1.45 bits per heavy atom. The third-order valence-corrected chi connectivity index (χ3v) is 2.41. The highest BCUT2D eigenvalue weighted by Gasteiger charge is 2.21. The fourth-order valence-corrected chi connectivity index (χ4v) is 1.69. The maximum Gasteiger partial charge on any atom is 0.145 e. The molecule has 1 saturated carbocycles. The van der Waals surface area contributed by atoms with Crippen LogP contribution in [0.5, 0.6) is 0 Å². The zero-order chi connectivity index (χ0) is 8.10. The van der Waals surface area contributed by atoms with Gasteiger partial charge in [-0.1, -0.05) is 19.8 Å². The summed E-state index contributed by atoms with van der Waals surface area (Å²) in [4.78, 5) is 10.0. The van der Waals surface area contributed by atoms with Gasteiger partial charge < -0.3 is 9.53 Å². The molecule has 2 nitrogen and oxygen atoms in total. The molecule has 2 atom stereocenters. The molecule has 0 aromatic rings. The fraction of sp³-hybridized carbons (Fsp3) is 0.889. The highest BCUT2D eigenvalue weighted by molar-refractivity contribution is 5.50. The molecule has 2 heteroatoms. The van der Waals surface area contributed by atoms with Crippen LogP contribution < -0.4 is 0 Å². The zero-order valence-corrected chi connectivity index (χ0v) is 7.08. The van der Waals surface area contributed by atoms with E-state index in [0.717, 1.165) is 12.7 Å². The normalized spacial score (nSPS) is 31.7. The Balaban J connectivity index is 2.23. The van der Waals surface area contributed by atoms with Gasteiger partial charge in [-0.25, -0.2) is 0 Å². The third-order valence-electron chi connectivity index (χ3n) is 2.41. The van der Waals surface area contributed by atoms with E-state index in [1.54, 1.807) is 0 Å². The minimum absolute atomic E-state index is 0.273. The minimum Gasteiger partial charge on any atom is -0.370 e. The largest absolute Gasteiger partial charge is 0.370 e. The standard InChI is InChI=1S/C9H16O2/c1-8-4-2-3-5-9(8)11-7-6-10/h6,8-9H,2-5,7H2,1H3/t8-,9+/m0/s1. The molecular weight excluding hydrogens is 140 g/mol. The Labute approximate surface area is 67.9 Å². The molecule has 0 unspecified atom stereocenters. The summed E-state index contributed by atoms with van der Waals surface area (Å²) in [5, 5.41) is 0. The van der Waals surface area contributed by atoms with Crippen LogP contribution >= 0.6 is 0 Å². The van der Waals surface area contributed by atoms with Crippen LogP contribution in [0.3, 0.4) is 0 Å². The van der Waals surface area contributed by atoms with Crippen LogP contribution in [0.1, 0.15) is 32.6 Å². The van der Waals surface area contributed by atoms with Crippen LogP contribution in [0, 0.1) is 5.92 Å². The quantitative estimate of drug-likeness (QED) is 0.582. The average Bonchev–Trinajstić information content (AvgIpc) is 2.03. The van der Waals surface area contributed by atoms with Gasteiger partial charge in [-0.2, -0.15) is 0 Å². The molecule has 1 aliphatic rings. The lowest BCUT2D eigenvalue weighted by Crippen LogP contribution is -2.26. The van der Waals surface area contributed by atoms with Gasteiger partial charge in [-0.15, -0.1) is 0 Å². The fourth-order valence-electron chi connectivity index (χ4n) is 1.69. The maximum absolute atomic E-state index is 10.0. The monoisotopic (exact) mass is 156 g/mol. The Morgan fingerprint density at radius 2 is 2.18 bits per heavy atom. The Morgan fingerprint density at radius 3 is 2.82 bits per heavy atom. The zero-order valence-electron chi connectivity index (χ0n) is 7.08. The predicted molar refractivity (Wildman–Crippen MR) is 43.4 cm³/mol. The van der Waals surface area contributed by atoms with Crippen molar-refractivity contribution in [2.24, 2.45) is 5.92 Å². The molecule has 0 aromatic carbocycles. The highest BCUT2D eigenvalue weighted by atomic mass is 16.5. The van der Waals surface area contributed by atoms with Crippen LogP contribution in [-0.2, 0) is 9.53 Å². The van der Waals surface area contributed by atoms with Gasteiger partial charge in [0, 0.05) is 0 Å². The summed E-state index contributed by atoms with van der Waals surface area (Å²) < 4.78 is 5.38. The van der Waals surface area contributed by atoms with Gasteiger partial charge in [0.1, 0.15) is 12.9 Å². The molecule has 64 valence electrons. The van der Waals surface area contributed by atoms with E-state index in [1.165, 1.54) is 19.3 Å². The summed E-state index contributed by atoms with van der Waals surface area (Å²) in [5.41, 5.74) is 0. The molecule has 0 saturated heterocycles. The number of carbonyl (C=O) groups is 1. The van der Waals surface area contributed by atoms with E-state index in [1.807, 2.05) is 0 Å². The van der Waals surface area contributed by atoms with E-state index >= 15 is 0 Å². The third kappa shape index (κ3) is 2.62. The topological polar surface area (TPSA) is 26.3 Å². The first-order chi connectivity index (χ1) is 5.34.